The molecule has 28 heavy (non-hydrogen) atoms. The van der Waals surface area contributed by atoms with Gasteiger partial charge in [0.25, 0.3) is 0 Å². The van der Waals surface area contributed by atoms with E-state index in [2.05, 4.69) is 13.2 Å². The Kier molecular flexibility index (Phi) is 12.6. The molecule has 0 heterocycles. The lowest BCUT2D eigenvalue weighted by atomic mass is 9.76. The SMILES string of the molecule is C=CCCCC(C)C(O)C(C)C(=O)C(C)(C)/C=C/C(=O)OC(CC=C)COC. The quantitative estimate of drug-likeness (QED) is 0.194. The zero-order valence-electron chi connectivity index (χ0n) is 18.1. The van der Waals surface area contributed by atoms with Crippen molar-refractivity contribution in [1.29, 1.82) is 0 Å². The first-order chi connectivity index (χ1) is 13.1. The highest BCUT2D eigenvalue weighted by Gasteiger charge is 2.35. The van der Waals surface area contributed by atoms with E-state index in [-0.39, 0.29) is 18.3 Å². The number of unbranched alkanes of at least 4 members (excludes halogenated alkanes) is 1. The van der Waals surface area contributed by atoms with E-state index >= 15 is 0 Å². The molecule has 0 radical (unpaired) electrons. The topological polar surface area (TPSA) is 72.8 Å². The summed E-state index contributed by atoms with van der Waals surface area (Å²) in [5.74, 6) is -1.16. The molecule has 1 N–H and O–H groups in total. The zero-order valence-corrected chi connectivity index (χ0v) is 18.1. The lowest BCUT2D eigenvalue weighted by Gasteiger charge is -2.29. The lowest BCUT2D eigenvalue weighted by Crippen LogP contribution is -2.38. The Morgan fingerprint density at radius 3 is 2.36 bits per heavy atom. The van der Waals surface area contributed by atoms with Crippen LogP contribution in [0, 0.1) is 17.3 Å². The van der Waals surface area contributed by atoms with E-state index in [1.807, 2.05) is 13.0 Å². The molecule has 0 aromatic rings. The molecule has 5 heteroatoms. The van der Waals surface area contributed by atoms with Crippen LogP contribution in [0.3, 0.4) is 0 Å². The number of Topliss-reactive ketones (excluding diaryl/α,β-unsaturated/α-hetero) is 1. The first-order valence-electron chi connectivity index (χ1n) is 9.93. The second-order valence-electron chi connectivity index (χ2n) is 7.93. The minimum Gasteiger partial charge on any atom is -0.456 e. The molecule has 0 saturated carbocycles. The van der Waals surface area contributed by atoms with Gasteiger partial charge >= 0.3 is 5.97 Å². The minimum absolute atomic E-state index is 0.0114. The molecule has 0 bridgehead atoms. The van der Waals surface area contributed by atoms with Crippen molar-refractivity contribution < 1.29 is 24.2 Å². The van der Waals surface area contributed by atoms with Crippen LogP contribution in [-0.4, -0.2) is 42.8 Å². The van der Waals surface area contributed by atoms with Crippen LogP contribution in [-0.2, 0) is 19.1 Å². The minimum atomic E-state index is -0.893. The van der Waals surface area contributed by atoms with Crippen LogP contribution in [0.25, 0.3) is 0 Å². The largest absolute Gasteiger partial charge is 0.456 e. The number of methoxy groups -OCH3 is 1. The maximum absolute atomic E-state index is 12.9. The maximum Gasteiger partial charge on any atom is 0.330 e. The van der Waals surface area contributed by atoms with E-state index < -0.39 is 29.5 Å². The molecule has 0 rings (SSSR count). The molecule has 160 valence electrons. The summed E-state index contributed by atoms with van der Waals surface area (Å²) >= 11 is 0. The van der Waals surface area contributed by atoms with Gasteiger partial charge in [0.1, 0.15) is 11.9 Å². The van der Waals surface area contributed by atoms with Gasteiger partial charge in [0.05, 0.1) is 12.7 Å². The van der Waals surface area contributed by atoms with Crippen molar-refractivity contribution in [1.82, 2.24) is 0 Å². The van der Waals surface area contributed by atoms with Gasteiger partial charge in [0.15, 0.2) is 0 Å². The van der Waals surface area contributed by atoms with Gasteiger partial charge in [0, 0.05) is 30.9 Å². The molecular weight excluding hydrogens is 356 g/mol. The number of aliphatic hydroxyl groups excluding tert-OH is 1. The van der Waals surface area contributed by atoms with Gasteiger partial charge < -0.3 is 14.6 Å². The number of esters is 1. The molecular formula is C23H38O5. The molecule has 0 aromatic heterocycles. The number of carbonyl (C=O) groups excluding carboxylic acids is 2. The summed E-state index contributed by atoms with van der Waals surface area (Å²) < 4.78 is 10.3. The Hall–Kier alpha value is -1.72. The summed E-state index contributed by atoms with van der Waals surface area (Å²) in [6.45, 7) is 14.8. The number of carbonyl (C=O) groups is 2. The number of hydrogen-bond acceptors (Lipinski definition) is 5. The van der Waals surface area contributed by atoms with Crippen LogP contribution in [0.2, 0.25) is 0 Å². The number of hydrogen-bond donors (Lipinski definition) is 1. The van der Waals surface area contributed by atoms with Crippen molar-refractivity contribution in [2.24, 2.45) is 17.3 Å². The fourth-order valence-electron chi connectivity index (χ4n) is 3.07. The van der Waals surface area contributed by atoms with E-state index in [0.717, 1.165) is 19.3 Å². The van der Waals surface area contributed by atoms with Crippen LogP contribution in [0.5, 0.6) is 0 Å². The van der Waals surface area contributed by atoms with E-state index in [4.69, 9.17) is 9.47 Å². The standard InChI is InChI=1S/C23H38O5/c1-8-10-11-13-17(3)21(25)18(4)22(26)23(5,6)15-14-20(24)28-19(12-9-2)16-27-7/h8-9,14-15,17-19,21,25H,1-2,10-13,16H2,3-7H3/b15-14+. The molecule has 4 atom stereocenters. The van der Waals surface area contributed by atoms with Crippen LogP contribution < -0.4 is 0 Å². The molecule has 0 aliphatic carbocycles. The van der Waals surface area contributed by atoms with Crippen molar-refractivity contribution in [3.05, 3.63) is 37.5 Å². The normalized spacial score (nSPS) is 16.2. The van der Waals surface area contributed by atoms with Gasteiger partial charge in [-0.25, -0.2) is 4.79 Å². The Morgan fingerprint density at radius 2 is 1.82 bits per heavy atom. The Balaban J connectivity index is 4.89. The van der Waals surface area contributed by atoms with Gasteiger partial charge in [-0.15, -0.1) is 13.2 Å². The van der Waals surface area contributed by atoms with Crippen molar-refractivity contribution >= 4 is 11.8 Å². The summed E-state index contributed by atoms with van der Waals surface area (Å²) in [5, 5.41) is 10.5. The maximum atomic E-state index is 12.9. The summed E-state index contributed by atoms with van der Waals surface area (Å²) in [6.07, 6.45) is 8.35. The average Bonchev–Trinajstić information content (AvgIpc) is 2.65. The fourth-order valence-corrected chi connectivity index (χ4v) is 3.07. The zero-order chi connectivity index (χ0) is 21.7. The number of ketones is 1. The summed E-state index contributed by atoms with van der Waals surface area (Å²) in [5.41, 5.74) is -0.893. The van der Waals surface area contributed by atoms with Gasteiger partial charge in [-0.3, -0.25) is 4.79 Å². The smallest absolute Gasteiger partial charge is 0.330 e. The number of allylic oxidation sites excluding steroid dienone is 2. The third-order valence-corrected chi connectivity index (χ3v) is 4.91. The van der Waals surface area contributed by atoms with Crippen molar-refractivity contribution in [2.75, 3.05) is 13.7 Å². The Bertz CT molecular complexity index is 535. The van der Waals surface area contributed by atoms with E-state index in [1.54, 1.807) is 32.9 Å². The first-order valence-corrected chi connectivity index (χ1v) is 9.93. The number of ether oxygens (including phenoxy) is 2. The van der Waals surface area contributed by atoms with Gasteiger partial charge in [-0.1, -0.05) is 32.1 Å². The second kappa shape index (κ2) is 13.5. The molecule has 5 nitrogen and oxygen atoms in total. The number of rotatable bonds is 15. The Labute approximate surface area is 170 Å². The Morgan fingerprint density at radius 1 is 1.18 bits per heavy atom. The predicted octanol–water partition coefficient (Wildman–Crippen LogP) is 4.26. The lowest BCUT2D eigenvalue weighted by molar-refractivity contribution is -0.145. The molecule has 4 unspecified atom stereocenters. The van der Waals surface area contributed by atoms with Crippen LogP contribution in [0.1, 0.15) is 53.4 Å². The van der Waals surface area contributed by atoms with Gasteiger partial charge in [0.2, 0.25) is 0 Å². The summed E-state index contributed by atoms with van der Waals surface area (Å²) in [7, 11) is 1.53. The van der Waals surface area contributed by atoms with Crippen LogP contribution in [0.15, 0.2) is 37.5 Å². The van der Waals surface area contributed by atoms with Gasteiger partial charge in [-0.2, -0.15) is 0 Å². The molecule has 0 aliphatic heterocycles. The highest BCUT2D eigenvalue weighted by molar-refractivity contribution is 5.90. The summed E-state index contributed by atoms with van der Waals surface area (Å²) in [4.78, 5) is 24.9. The molecule has 0 amide bonds. The van der Waals surface area contributed by atoms with Crippen molar-refractivity contribution in [3.8, 4) is 0 Å². The first kappa shape index (κ1) is 26.3. The van der Waals surface area contributed by atoms with E-state index in [9.17, 15) is 14.7 Å². The third-order valence-electron chi connectivity index (χ3n) is 4.91. The second-order valence-corrected chi connectivity index (χ2v) is 7.93. The van der Waals surface area contributed by atoms with E-state index in [0.29, 0.717) is 6.42 Å². The van der Waals surface area contributed by atoms with Crippen molar-refractivity contribution in [3.63, 3.8) is 0 Å². The van der Waals surface area contributed by atoms with Crippen LogP contribution in [0.4, 0.5) is 0 Å². The summed E-state index contributed by atoms with van der Waals surface area (Å²) in [6, 6.07) is 0. The molecule has 0 saturated heterocycles. The molecule has 0 aromatic carbocycles. The van der Waals surface area contributed by atoms with Crippen LogP contribution >= 0.6 is 0 Å². The third kappa shape index (κ3) is 9.47. The molecule has 0 spiro atoms. The highest BCUT2D eigenvalue weighted by Crippen LogP contribution is 2.28. The molecule has 0 aliphatic rings. The van der Waals surface area contributed by atoms with Gasteiger partial charge in [-0.05, 0) is 39.0 Å². The van der Waals surface area contributed by atoms with Crippen molar-refractivity contribution in [2.45, 2.75) is 65.6 Å². The predicted molar refractivity (Wildman–Crippen MR) is 113 cm³/mol. The number of aliphatic hydroxyl groups is 1. The highest BCUT2D eigenvalue weighted by atomic mass is 16.6. The monoisotopic (exact) mass is 394 g/mol. The average molecular weight is 395 g/mol. The van der Waals surface area contributed by atoms with E-state index in [1.165, 1.54) is 13.2 Å². The fraction of sp³-hybridized carbons (Fsp3) is 0.652. The molecule has 0 fully saturated rings.